The maximum Gasteiger partial charge on any atom is 0.306 e. The van der Waals surface area contributed by atoms with Crippen molar-refractivity contribution in [1.29, 1.82) is 0 Å². The summed E-state index contributed by atoms with van der Waals surface area (Å²) in [7, 11) is -3.70. The van der Waals surface area contributed by atoms with Crippen LogP contribution in [0.25, 0.3) is 0 Å². The van der Waals surface area contributed by atoms with Crippen LogP contribution in [0.2, 0.25) is 5.02 Å². The van der Waals surface area contributed by atoms with Crippen LogP contribution in [0.5, 0.6) is 11.5 Å². The van der Waals surface area contributed by atoms with Gasteiger partial charge in [0, 0.05) is 43.2 Å². The third kappa shape index (κ3) is 6.96. The van der Waals surface area contributed by atoms with Gasteiger partial charge in [-0.05, 0) is 49.4 Å². The van der Waals surface area contributed by atoms with E-state index in [9.17, 15) is 27.9 Å². The van der Waals surface area contributed by atoms with E-state index in [0.717, 1.165) is 0 Å². The number of sulfonamides is 1. The number of rotatable bonds is 10. The van der Waals surface area contributed by atoms with E-state index in [1.165, 1.54) is 51.7 Å². The fourth-order valence-corrected chi connectivity index (χ4v) is 5.11. The second-order valence-corrected chi connectivity index (χ2v) is 10.3. The van der Waals surface area contributed by atoms with Gasteiger partial charge in [0.05, 0.1) is 17.9 Å². The summed E-state index contributed by atoms with van der Waals surface area (Å²) in [6, 6.07) is 10.0. The largest absolute Gasteiger partial charge is 0.504 e. The van der Waals surface area contributed by atoms with Gasteiger partial charge in [-0.25, -0.2) is 8.42 Å². The molecule has 2 aromatic carbocycles. The number of piperazine rings is 1. The molecule has 2 aromatic rings. The van der Waals surface area contributed by atoms with Gasteiger partial charge >= 0.3 is 5.97 Å². The first kappa shape index (κ1) is 27.4. The molecule has 1 aliphatic rings. The van der Waals surface area contributed by atoms with E-state index in [0.29, 0.717) is 11.6 Å². The van der Waals surface area contributed by atoms with Crippen molar-refractivity contribution in [3.8, 4) is 11.5 Å². The summed E-state index contributed by atoms with van der Waals surface area (Å²) in [5.74, 6) is -1.40. The van der Waals surface area contributed by atoms with Crippen molar-refractivity contribution in [3.63, 3.8) is 0 Å². The number of halogens is 1. The number of nitrogens with zero attached hydrogens (tertiary/aromatic N) is 2. The number of ether oxygens (including phenoxy) is 2. The predicted octanol–water partition coefficient (Wildman–Crippen LogP) is 2.48. The Bertz CT molecular complexity index is 1210. The van der Waals surface area contributed by atoms with Crippen LogP contribution in [-0.2, 0) is 24.3 Å². The lowest BCUT2D eigenvalue weighted by Crippen LogP contribution is -2.51. The molecule has 0 atom stereocenters. The molecule has 10 nitrogen and oxygen atoms in total. The van der Waals surface area contributed by atoms with E-state index >= 15 is 0 Å². The zero-order valence-corrected chi connectivity index (χ0v) is 21.3. The fourth-order valence-electron chi connectivity index (χ4n) is 3.56. The van der Waals surface area contributed by atoms with Gasteiger partial charge in [0.2, 0.25) is 10.0 Å². The number of carbonyl (C=O) groups is 3. The van der Waals surface area contributed by atoms with Crippen molar-refractivity contribution in [2.45, 2.75) is 24.7 Å². The fraction of sp³-hybridized carbons (Fsp3) is 0.375. The molecule has 0 aromatic heterocycles. The van der Waals surface area contributed by atoms with E-state index in [1.54, 1.807) is 6.92 Å². The number of hydrogen-bond donors (Lipinski definition) is 1. The molecule has 1 fully saturated rings. The summed E-state index contributed by atoms with van der Waals surface area (Å²) in [6.45, 7) is 2.10. The molecule has 0 spiro atoms. The average molecular weight is 539 g/mol. The highest BCUT2D eigenvalue weighted by atomic mass is 35.5. The van der Waals surface area contributed by atoms with E-state index in [-0.39, 0.29) is 66.8 Å². The Morgan fingerprint density at radius 2 is 1.67 bits per heavy atom. The Labute approximate surface area is 214 Å². The Morgan fingerprint density at radius 3 is 2.31 bits per heavy atom. The Morgan fingerprint density at radius 1 is 1.00 bits per heavy atom. The Balaban J connectivity index is 1.42. The number of aromatic hydroxyl groups is 1. The van der Waals surface area contributed by atoms with Crippen LogP contribution in [0.1, 0.15) is 30.1 Å². The topological polar surface area (TPSA) is 131 Å². The van der Waals surface area contributed by atoms with E-state index in [2.05, 4.69) is 0 Å². The first-order chi connectivity index (χ1) is 17.1. The number of phenols is 1. The lowest BCUT2D eigenvalue weighted by atomic mass is 10.1. The van der Waals surface area contributed by atoms with Gasteiger partial charge in [-0.15, -0.1) is 0 Å². The molecule has 0 aliphatic carbocycles. The molecule has 1 aliphatic heterocycles. The van der Waals surface area contributed by atoms with Crippen molar-refractivity contribution in [3.05, 3.63) is 53.1 Å². The lowest BCUT2D eigenvalue weighted by molar-refractivity contribution is -0.152. The smallest absolute Gasteiger partial charge is 0.306 e. The molecule has 0 bridgehead atoms. The molecular weight excluding hydrogens is 512 g/mol. The van der Waals surface area contributed by atoms with Gasteiger partial charge in [-0.1, -0.05) is 11.6 Å². The molecule has 36 heavy (non-hydrogen) atoms. The molecule has 0 unspecified atom stereocenters. The van der Waals surface area contributed by atoms with Crippen molar-refractivity contribution >= 4 is 39.3 Å². The van der Waals surface area contributed by atoms with Gasteiger partial charge in [-0.2, -0.15) is 4.31 Å². The third-order valence-electron chi connectivity index (χ3n) is 5.54. The Hall–Kier alpha value is -3.15. The highest BCUT2D eigenvalue weighted by Crippen LogP contribution is 2.27. The minimum atomic E-state index is -3.70. The van der Waals surface area contributed by atoms with Gasteiger partial charge in [0.15, 0.2) is 23.9 Å². The van der Waals surface area contributed by atoms with Crippen LogP contribution in [0, 0.1) is 0 Å². The monoisotopic (exact) mass is 538 g/mol. The van der Waals surface area contributed by atoms with Crippen LogP contribution < -0.4 is 4.74 Å². The summed E-state index contributed by atoms with van der Waals surface area (Å²) in [5.41, 5.74) is 0.284. The molecule has 3 rings (SSSR count). The lowest BCUT2D eigenvalue weighted by Gasteiger charge is -2.33. The molecule has 1 heterocycles. The Kier molecular flexibility index (Phi) is 9.30. The molecule has 0 saturated carbocycles. The average Bonchev–Trinajstić information content (AvgIpc) is 2.87. The first-order valence-corrected chi connectivity index (χ1v) is 13.1. The number of esters is 1. The molecule has 194 valence electrons. The molecule has 1 amide bonds. The van der Waals surface area contributed by atoms with Crippen molar-refractivity contribution in [2.24, 2.45) is 0 Å². The van der Waals surface area contributed by atoms with Gasteiger partial charge in [-0.3, -0.25) is 14.4 Å². The number of ketones is 1. The second kappa shape index (κ2) is 12.2. The van der Waals surface area contributed by atoms with Crippen molar-refractivity contribution < 1.29 is 37.4 Å². The number of Topliss-reactive ketones (excluding diaryl/α,β-unsaturated/α-hetero) is 1. The number of hydrogen-bond acceptors (Lipinski definition) is 8. The number of benzene rings is 2. The van der Waals surface area contributed by atoms with E-state index < -0.39 is 28.5 Å². The van der Waals surface area contributed by atoms with Crippen LogP contribution in [0.4, 0.5) is 0 Å². The molecule has 12 heteroatoms. The zero-order chi connectivity index (χ0) is 26.3. The van der Waals surface area contributed by atoms with Gasteiger partial charge < -0.3 is 19.5 Å². The standard InChI is InChI=1S/C24H27ClN2O8S/c1-2-34-22-15-17(3-8-21(22)29)20(28)9-10-24(31)35-16-23(30)26-11-13-27(14-12-26)36(32,33)19-6-4-18(25)5-7-19/h3-8,15,29H,2,9-14,16H2,1H3. The van der Waals surface area contributed by atoms with Gasteiger partial charge in [0.25, 0.3) is 5.91 Å². The van der Waals surface area contributed by atoms with Crippen LogP contribution in [-0.4, -0.2) is 79.8 Å². The summed E-state index contributed by atoms with van der Waals surface area (Å²) in [6.07, 6.45) is -0.353. The maximum absolute atomic E-state index is 12.8. The maximum atomic E-state index is 12.8. The molecule has 0 radical (unpaired) electrons. The van der Waals surface area contributed by atoms with Crippen LogP contribution >= 0.6 is 11.6 Å². The zero-order valence-electron chi connectivity index (χ0n) is 19.7. The molecular formula is C24H27ClN2O8S. The SMILES string of the molecule is CCOc1cc(C(=O)CCC(=O)OCC(=O)N2CCN(S(=O)(=O)c3ccc(Cl)cc3)CC2)ccc1O. The number of carbonyl (C=O) groups excluding carboxylic acids is 3. The van der Waals surface area contributed by atoms with Crippen LogP contribution in [0.3, 0.4) is 0 Å². The quantitative estimate of drug-likeness (QED) is 0.360. The molecule has 1 N–H and O–H groups in total. The van der Waals surface area contributed by atoms with Crippen molar-refractivity contribution in [1.82, 2.24) is 9.21 Å². The van der Waals surface area contributed by atoms with E-state index in [1.807, 2.05) is 0 Å². The summed E-state index contributed by atoms with van der Waals surface area (Å²) in [5, 5.41) is 10.2. The van der Waals surface area contributed by atoms with E-state index in [4.69, 9.17) is 21.1 Å². The van der Waals surface area contributed by atoms with Gasteiger partial charge in [0.1, 0.15) is 0 Å². The minimum absolute atomic E-state index is 0.0882. The number of phenolic OH excluding ortho intramolecular Hbond substituents is 1. The minimum Gasteiger partial charge on any atom is -0.504 e. The van der Waals surface area contributed by atoms with Crippen molar-refractivity contribution in [2.75, 3.05) is 39.4 Å². The summed E-state index contributed by atoms with van der Waals surface area (Å²) < 4.78 is 37.0. The van der Waals surface area contributed by atoms with Crippen LogP contribution in [0.15, 0.2) is 47.4 Å². The highest BCUT2D eigenvalue weighted by molar-refractivity contribution is 7.89. The normalized spacial score (nSPS) is 14.3. The highest BCUT2D eigenvalue weighted by Gasteiger charge is 2.30. The third-order valence-corrected chi connectivity index (χ3v) is 7.70. The molecule has 1 saturated heterocycles. The predicted molar refractivity (Wildman–Crippen MR) is 131 cm³/mol. The summed E-state index contributed by atoms with van der Waals surface area (Å²) in [4.78, 5) is 38.4. The summed E-state index contributed by atoms with van der Waals surface area (Å²) >= 11 is 5.82. The second-order valence-electron chi connectivity index (χ2n) is 7.94. The first-order valence-electron chi connectivity index (χ1n) is 11.3. The number of amides is 1.